The largest absolute Gasteiger partial charge is 0.497 e. The van der Waals surface area contributed by atoms with Gasteiger partial charge in [0, 0.05) is 25.9 Å². The van der Waals surface area contributed by atoms with Crippen LogP contribution >= 0.6 is 0 Å². The van der Waals surface area contributed by atoms with E-state index in [2.05, 4.69) is 20.1 Å². The predicted octanol–water partition coefficient (Wildman–Crippen LogP) is 1.75. The second kappa shape index (κ2) is 8.50. The number of rotatable bonds is 7. The molecule has 0 saturated carbocycles. The first-order valence-corrected chi connectivity index (χ1v) is 8.71. The molecule has 0 saturated heterocycles. The Morgan fingerprint density at radius 3 is 2.76 bits per heavy atom. The lowest BCUT2D eigenvalue weighted by Crippen LogP contribution is -2.31. The van der Waals surface area contributed by atoms with E-state index in [0.29, 0.717) is 18.7 Å². The van der Waals surface area contributed by atoms with Crippen molar-refractivity contribution in [3.05, 3.63) is 35.9 Å². The molecule has 1 aliphatic rings. The van der Waals surface area contributed by atoms with E-state index in [1.54, 1.807) is 31.4 Å². The molecule has 2 heterocycles. The Morgan fingerprint density at radius 1 is 1.16 bits per heavy atom. The van der Waals surface area contributed by atoms with Gasteiger partial charge in [0.1, 0.15) is 23.1 Å². The third-order valence-corrected chi connectivity index (χ3v) is 4.29. The molecule has 134 valence electrons. The molecule has 1 N–H and O–H groups in total. The number of ether oxygens (including phenoxy) is 2. The zero-order valence-corrected chi connectivity index (χ0v) is 14.5. The Morgan fingerprint density at radius 2 is 1.96 bits per heavy atom. The molecule has 7 heteroatoms. The van der Waals surface area contributed by atoms with Gasteiger partial charge in [0.25, 0.3) is 5.91 Å². The fourth-order valence-corrected chi connectivity index (χ4v) is 2.92. The minimum atomic E-state index is -0.147. The normalized spacial score (nSPS) is 13.6. The molecule has 1 amide bonds. The minimum Gasteiger partial charge on any atom is -0.497 e. The molecule has 1 aliphatic heterocycles. The molecule has 0 unspecified atom stereocenters. The van der Waals surface area contributed by atoms with Crippen molar-refractivity contribution in [2.75, 3.05) is 20.3 Å². The van der Waals surface area contributed by atoms with E-state index in [1.165, 1.54) is 19.3 Å². The van der Waals surface area contributed by atoms with Crippen LogP contribution < -0.4 is 14.8 Å². The van der Waals surface area contributed by atoms with Gasteiger partial charge in [-0.2, -0.15) is 0 Å². The van der Waals surface area contributed by atoms with Crippen LogP contribution in [0.4, 0.5) is 0 Å². The van der Waals surface area contributed by atoms with Crippen molar-refractivity contribution in [2.45, 2.75) is 38.6 Å². The lowest BCUT2D eigenvalue weighted by Gasteiger charge is -2.09. The molecule has 0 spiro atoms. The highest BCUT2D eigenvalue weighted by Gasteiger charge is 2.14. The highest BCUT2D eigenvalue weighted by Crippen LogP contribution is 2.17. The number of carbonyl (C=O) groups is 1. The summed E-state index contributed by atoms with van der Waals surface area (Å²) in [7, 11) is 1.61. The molecule has 0 aliphatic carbocycles. The molecule has 1 aromatic carbocycles. The van der Waals surface area contributed by atoms with Crippen LogP contribution in [0.5, 0.6) is 11.5 Å². The molecule has 0 atom stereocenters. The molecule has 2 aromatic rings. The van der Waals surface area contributed by atoms with Crippen LogP contribution in [0.25, 0.3) is 0 Å². The summed E-state index contributed by atoms with van der Waals surface area (Å²) in [6.07, 6.45) is 5.26. The zero-order chi connectivity index (χ0) is 17.5. The number of nitrogens with zero attached hydrogens (tertiary/aromatic N) is 3. The summed E-state index contributed by atoms with van der Waals surface area (Å²) in [5.74, 6) is 3.27. The predicted molar refractivity (Wildman–Crippen MR) is 92.8 cm³/mol. The van der Waals surface area contributed by atoms with Gasteiger partial charge in [-0.15, -0.1) is 10.2 Å². The van der Waals surface area contributed by atoms with E-state index in [4.69, 9.17) is 9.47 Å². The van der Waals surface area contributed by atoms with E-state index in [-0.39, 0.29) is 12.5 Å². The monoisotopic (exact) mass is 344 g/mol. The highest BCUT2D eigenvalue weighted by atomic mass is 16.5. The van der Waals surface area contributed by atoms with E-state index in [1.807, 2.05) is 0 Å². The van der Waals surface area contributed by atoms with Crippen molar-refractivity contribution in [3.63, 3.8) is 0 Å². The van der Waals surface area contributed by atoms with E-state index in [9.17, 15) is 4.79 Å². The Bertz CT molecular complexity index is 697. The van der Waals surface area contributed by atoms with E-state index >= 15 is 0 Å². The van der Waals surface area contributed by atoms with Gasteiger partial charge in [-0.05, 0) is 37.1 Å². The van der Waals surface area contributed by atoms with Gasteiger partial charge in [-0.3, -0.25) is 4.79 Å². The standard InChI is InChI=1S/C18H24N4O3/c1-24-14-6-8-15(9-7-14)25-13-18(23)19-11-10-17-21-20-16-5-3-2-4-12-22(16)17/h6-9H,2-5,10-13H2,1H3,(H,19,23). The number of methoxy groups -OCH3 is 1. The van der Waals surface area contributed by atoms with Gasteiger partial charge in [0.15, 0.2) is 6.61 Å². The Kier molecular flexibility index (Phi) is 5.87. The van der Waals surface area contributed by atoms with Crippen molar-refractivity contribution >= 4 is 5.91 Å². The first-order chi connectivity index (χ1) is 12.3. The van der Waals surface area contributed by atoms with Gasteiger partial charge >= 0.3 is 0 Å². The Hall–Kier alpha value is -2.57. The molecule has 0 radical (unpaired) electrons. The smallest absolute Gasteiger partial charge is 0.257 e. The fraction of sp³-hybridized carbons (Fsp3) is 0.500. The first kappa shape index (κ1) is 17.3. The number of carbonyl (C=O) groups excluding carboxylic acids is 1. The van der Waals surface area contributed by atoms with Crippen molar-refractivity contribution < 1.29 is 14.3 Å². The molecule has 7 nitrogen and oxygen atoms in total. The van der Waals surface area contributed by atoms with Crippen LogP contribution in [0, 0.1) is 0 Å². The molecule has 3 rings (SSSR count). The first-order valence-electron chi connectivity index (χ1n) is 8.71. The average Bonchev–Trinajstić information content (AvgIpc) is 2.87. The van der Waals surface area contributed by atoms with Gasteiger partial charge in [0.05, 0.1) is 7.11 Å². The molecular formula is C18H24N4O3. The lowest BCUT2D eigenvalue weighted by atomic mass is 10.2. The molecule has 0 fully saturated rings. The average molecular weight is 344 g/mol. The van der Waals surface area contributed by atoms with Gasteiger partial charge in [-0.1, -0.05) is 6.42 Å². The summed E-state index contributed by atoms with van der Waals surface area (Å²) in [6, 6.07) is 7.14. The highest BCUT2D eigenvalue weighted by molar-refractivity contribution is 5.77. The maximum atomic E-state index is 11.9. The van der Waals surface area contributed by atoms with Crippen LogP contribution in [-0.4, -0.2) is 40.9 Å². The van der Waals surface area contributed by atoms with Gasteiger partial charge in [-0.25, -0.2) is 0 Å². The van der Waals surface area contributed by atoms with Crippen molar-refractivity contribution in [1.82, 2.24) is 20.1 Å². The summed E-state index contributed by atoms with van der Waals surface area (Å²) in [5, 5.41) is 11.4. The Labute approximate surface area is 147 Å². The third-order valence-electron chi connectivity index (χ3n) is 4.29. The van der Waals surface area contributed by atoms with Gasteiger partial charge in [0.2, 0.25) is 0 Å². The molecule has 25 heavy (non-hydrogen) atoms. The SMILES string of the molecule is COc1ccc(OCC(=O)NCCc2nnc3n2CCCCC3)cc1. The van der Waals surface area contributed by atoms with Crippen LogP contribution in [0.3, 0.4) is 0 Å². The van der Waals surface area contributed by atoms with Crippen molar-refractivity contribution in [1.29, 1.82) is 0 Å². The summed E-state index contributed by atoms with van der Waals surface area (Å²) in [4.78, 5) is 11.9. The zero-order valence-electron chi connectivity index (χ0n) is 14.5. The summed E-state index contributed by atoms with van der Waals surface area (Å²) >= 11 is 0. The molecular weight excluding hydrogens is 320 g/mol. The number of nitrogens with one attached hydrogen (secondary N) is 1. The maximum absolute atomic E-state index is 11.9. The number of amides is 1. The van der Waals surface area contributed by atoms with E-state index in [0.717, 1.165) is 30.4 Å². The topological polar surface area (TPSA) is 78.3 Å². The third kappa shape index (κ3) is 4.71. The van der Waals surface area contributed by atoms with Crippen molar-refractivity contribution in [3.8, 4) is 11.5 Å². The number of aryl methyl sites for hydroxylation is 1. The van der Waals surface area contributed by atoms with E-state index < -0.39 is 0 Å². The quantitative estimate of drug-likeness (QED) is 0.828. The number of aromatic nitrogens is 3. The molecule has 1 aromatic heterocycles. The fourth-order valence-electron chi connectivity index (χ4n) is 2.92. The van der Waals surface area contributed by atoms with Crippen LogP contribution in [-0.2, 0) is 24.2 Å². The number of benzene rings is 1. The lowest BCUT2D eigenvalue weighted by molar-refractivity contribution is -0.123. The van der Waals surface area contributed by atoms with Crippen LogP contribution in [0.1, 0.15) is 30.9 Å². The summed E-state index contributed by atoms with van der Waals surface area (Å²) < 4.78 is 12.7. The second-order valence-electron chi connectivity index (χ2n) is 6.06. The minimum absolute atomic E-state index is 0.00965. The summed E-state index contributed by atoms with van der Waals surface area (Å²) in [5.41, 5.74) is 0. The van der Waals surface area contributed by atoms with Crippen molar-refractivity contribution in [2.24, 2.45) is 0 Å². The second-order valence-corrected chi connectivity index (χ2v) is 6.06. The molecule has 0 bridgehead atoms. The Balaban J connectivity index is 1.41. The number of fused-ring (bicyclic) bond motifs is 1. The van der Waals surface area contributed by atoms with Crippen LogP contribution in [0.2, 0.25) is 0 Å². The summed E-state index contributed by atoms with van der Waals surface area (Å²) in [6.45, 7) is 1.50. The van der Waals surface area contributed by atoms with Gasteiger partial charge < -0.3 is 19.4 Å². The number of hydrogen-bond donors (Lipinski definition) is 1. The van der Waals surface area contributed by atoms with Crippen LogP contribution in [0.15, 0.2) is 24.3 Å². The number of hydrogen-bond acceptors (Lipinski definition) is 5. The maximum Gasteiger partial charge on any atom is 0.257 e.